The van der Waals surface area contributed by atoms with Crippen molar-refractivity contribution < 1.29 is 5.11 Å². The SMILES string of the molecule is CC/C(O)=C(\C)C#N. The second-order valence-corrected chi connectivity index (χ2v) is 1.54. The first-order valence-corrected chi connectivity index (χ1v) is 2.51. The van der Waals surface area contributed by atoms with Crippen molar-refractivity contribution in [2.45, 2.75) is 20.3 Å². The van der Waals surface area contributed by atoms with Gasteiger partial charge in [-0.25, -0.2) is 0 Å². The van der Waals surface area contributed by atoms with Crippen LogP contribution in [0.5, 0.6) is 0 Å². The maximum Gasteiger partial charge on any atom is 0.105 e. The molecule has 0 rings (SSSR count). The molecule has 0 fully saturated rings. The number of aliphatic hydroxyl groups is 1. The number of hydrogen-bond acceptors (Lipinski definition) is 2. The van der Waals surface area contributed by atoms with Gasteiger partial charge in [0.05, 0.1) is 11.6 Å². The Kier molecular flexibility index (Phi) is 2.71. The summed E-state index contributed by atoms with van der Waals surface area (Å²) in [5.41, 5.74) is 0.410. The lowest BCUT2D eigenvalue weighted by Crippen LogP contribution is -1.80. The minimum absolute atomic E-state index is 0.188. The lowest BCUT2D eigenvalue weighted by molar-refractivity contribution is 0.390. The first-order chi connectivity index (χ1) is 3.72. The molecule has 0 aliphatic rings. The molecule has 44 valence electrons. The molecule has 0 amide bonds. The lowest BCUT2D eigenvalue weighted by Gasteiger charge is -1.91. The molecule has 0 aromatic heterocycles. The third-order valence-corrected chi connectivity index (χ3v) is 0.935. The van der Waals surface area contributed by atoms with Crippen molar-refractivity contribution in [3.63, 3.8) is 0 Å². The molecule has 0 saturated heterocycles. The van der Waals surface area contributed by atoms with Crippen LogP contribution >= 0.6 is 0 Å². The predicted octanol–water partition coefficient (Wildman–Crippen LogP) is 1.75. The van der Waals surface area contributed by atoms with Gasteiger partial charge >= 0.3 is 0 Å². The molecule has 2 heteroatoms. The van der Waals surface area contributed by atoms with Gasteiger partial charge in [-0.2, -0.15) is 5.26 Å². The van der Waals surface area contributed by atoms with Crippen molar-refractivity contribution >= 4 is 0 Å². The van der Waals surface area contributed by atoms with Gasteiger partial charge < -0.3 is 5.11 Å². The average molecular weight is 111 g/mol. The van der Waals surface area contributed by atoms with E-state index in [4.69, 9.17) is 10.4 Å². The van der Waals surface area contributed by atoms with Crippen molar-refractivity contribution in [1.82, 2.24) is 0 Å². The molecule has 8 heavy (non-hydrogen) atoms. The number of hydrogen-bond donors (Lipinski definition) is 1. The summed E-state index contributed by atoms with van der Waals surface area (Å²) in [7, 11) is 0. The largest absolute Gasteiger partial charge is 0.511 e. The summed E-state index contributed by atoms with van der Waals surface area (Å²) in [6.45, 7) is 3.40. The normalized spacial score (nSPS) is 12.1. The molecule has 0 aromatic carbocycles. The van der Waals surface area contributed by atoms with Crippen LogP contribution in [0.15, 0.2) is 11.3 Å². The van der Waals surface area contributed by atoms with E-state index >= 15 is 0 Å². The smallest absolute Gasteiger partial charge is 0.105 e. The fourth-order valence-electron chi connectivity index (χ4n) is 0.330. The first-order valence-electron chi connectivity index (χ1n) is 2.51. The molecule has 2 nitrogen and oxygen atoms in total. The van der Waals surface area contributed by atoms with Crippen molar-refractivity contribution in [1.29, 1.82) is 5.26 Å². The maximum absolute atomic E-state index is 8.78. The van der Waals surface area contributed by atoms with Crippen LogP contribution in [0.1, 0.15) is 20.3 Å². The molecule has 0 radical (unpaired) electrons. The summed E-state index contributed by atoms with van der Waals surface area (Å²) in [4.78, 5) is 0. The highest BCUT2D eigenvalue weighted by molar-refractivity contribution is 5.20. The van der Waals surface area contributed by atoms with Gasteiger partial charge in [-0.3, -0.25) is 0 Å². The van der Waals surface area contributed by atoms with E-state index in [-0.39, 0.29) is 5.76 Å². The van der Waals surface area contributed by atoms with Crippen LogP contribution in [0, 0.1) is 11.3 Å². The molecule has 0 aliphatic carbocycles. The number of rotatable bonds is 1. The molecule has 0 spiro atoms. The minimum Gasteiger partial charge on any atom is -0.511 e. The topological polar surface area (TPSA) is 44.0 Å². The zero-order valence-electron chi connectivity index (χ0n) is 5.10. The third kappa shape index (κ3) is 1.65. The highest BCUT2D eigenvalue weighted by atomic mass is 16.3. The number of aliphatic hydroxyl groups excluding tert-OH is 1. The fraction of sp³-hybridized carbons (Fsp3) is 0.500. The molecule has 0 atom stereocenters. The standard InChI is InChI=1S/C6H9NO/c1-3-6(8)5(2)4-7/h8H,3H2,1-2H3/b6-5-. The highest BCUT2D eigenvalue weighted by Gasteiger charge is 1.92. The quantitative estimate of drug-likeness (QED) is 0.414. The minimum atomic E-state index is 0.188. The van der Waals surface area contributed by atoms with E-state index in [1.807, 2.05) is 6.07 Å². The summed E-state index contributed by atoms with van der Waals surface area (Å²) in [6, 6.07) is 1.85. The van der Waals surface area contributed by atoms with Crippen LogP contribution in [0.2, 0.25) is 0 Å². The van der Waals surface area contributed by atoms with Crippen LogP contribution in [-0.2, 0) is 0 Å². The Labute approximate surface area is 49.1 Å². The second-order valence-electron chi connectivity index (χ2n) is 1.54. The summed E-state index contributed by atoms with van der Waals surface area (Å²) in [5.74, 6) is 0.188. The highest BCUT2D eigenvalue weighted by Crippen LogP contribution is 2.01. The predicted molar refractivity (Wildman–Crippen MR) is 31.2 cm³/mol. The Bertz CT molecular complexity index is 141. The van der Waals surface area contributed by atoms with Gasteiger partial charge in [0.1, 0.15) is 5.76 Å². The van der Waals surface area contributed by atoms with Gasteiger partial charge in [-0.15, -0.1) is 0 Å². The van der Waals surface area contributed by atoms with Gasteiger partial charge in [0, 0.05) is 6.42 Å². The molecular weight excluding hydrogens is 102 g/mol. The van der Waals surface area contributed by atoms with E-state index in [0.29, 0.717) is 12.0 Å². The summed E-state index contributed by atoms with van der Waals surface area (Å²) in [6.07, 6.45) is 0.541. The molecular formula is C6H9NO. The van der Waals surface area contributed by atoms with Crippen LogP contribution in [0.4, 0.5) is 0 Å². The first kappa shape index (κ1) is 7.03. The number of nitrogens with zero attached hydrogens (tertiary/aromatic N) is 1. The molecule has 0 unspecified atom stereocenters. The van der Waals surface area contributed by atoms with E-state index < -0.39 is 0 Å². The van der Waals surface area contributed by atoms with Crippen LogP contribution in [-0.4, -0.2) is 5.11 Å². The van der Waals surface area contributed by atoms with Gasteiger partial charge in [0.15, 0.2) is 0 Å². The average Bonchev–Trinajstić information content (AvgIpc) is 1.84. The Balaban J connectivity index is 4.10. The van der Waals surface area contributed by atoms with E-state index in [9.17, 15) is 0 Å². The Morgan fingerprint density at radius 3 is 2.38 bits per heavy atom. The second kappa shape index (κ2) is 3.09. The van der Waals surface area contributed by atoms with Crippen molar-refractivity contribution in [3.8, 4) is 6.07 Å². The van der Waals surface area contributed by atoms with Gasteiger partial charge in [0.25, 0.3) is 0 Å². The van der Waals surface area contributed by atoms with Crippen LogP contribution in [0.25, 0.3) is 0 Å². The van der Waals surface area contributed by atoms with Crippen molar-refractivity contribution in [3.05, 3.63) is 11.3 Å². The zero-order chi connectivity index (χ0) is 6.57. The zero-order valence-corrected chi connectivity index (χ0v) is 5.10. The molecule has 0 aromatic rings. The van der Waals surface area contributed by atoms with Crippen molar-refractivity contribution in [2.24, 2.45) is 0 Å². The van der Waals surface area contributed by atoms with Gasteiger partial charge in [-0.05, 0) is 6.92 Å². The third-order valence-electron chi connectivity index (χ3n) is 0.935. The molecule has 1 N–H and O–H groups in total. The van der Waals surface area contributed by atoms with Gasteiger partial charge in [0.2, 0.25) is 0 Å². The number of nitriles is 1. The van der Waals surface area contributed by atoms with E-state index in [1.54, 1.807) is 13.8 Å². The number of allylic oxidation sites excluding steroid dienone is 2. The Morgan fingerprint density at radius 1 is 1.75 bits per heavy atom. The van der Waals surface area contributed by atoms with E-state index in [0.717, 1.165) is 0 Å². The Hall–Kier alpha value is -0.970. The van der Waals surface area contributed by atoms with Crippen LogP contribution < -0.4 is 0 Å². The van der Waals surface area contributed by atoms with E-state index in [2.05, 4.69) is 0 Å². The van der Waals surface area contributed by atoms with Crippen LogP contribution in [0.3, 0.4) is 0 Å². The molecule has 0 aliphatic heterocycles. The molecule has 0 saturated carbocycles. The monoisotopic (exact) mass is 111 g/mol. The summed E-state index contributed by atoms with van der Waals surface area (Å²) in [5, 5.41) is 17.0. The van der Waals surface area contributed by atoms with E-state index in [1.165, 1.54) is 0 Å². The summed E-state index contributed by atoms with van der Waals surface area (Å²) >= 11 is 0. The molecule has 0 bridgehead atoms. The maximum atomic E-state index is 8.78. The molecule has 0 heterocycles. The lowest BCUT2D eigenvalue weighted by atomic mass is 10.2. The Morgan fingerprint density at radius 2 is 2.25 bits per heavy atom. The fourth-order valence-corrected chi connectivity index (χ4v) is 0.330. The summed E-state index contributed by atoms with van der Waals surface area (Å²) < 4.78 is 0. The van der Waals surface area contributed by atoms with Crippen molar-refractivity contribution in [2.75, 3.05) is 0 Å². The van der Waals surface area contributed by atoms with Gasteiger partial charge in [-0.1, -0.05) is 6.92 Å².